The predicted octanol–water partition coefficient (Wildman–Crippen LogP) is 2.13. The summed E-state index contributed by atoms with van der Waals surface area (Å²) < 4.78 is 36.7. The van der Waals surface area contributed by atoms with Crippen LogP contribution in [-0.2, 0) is 4.79 Å². The molecule has 0 saturated heterocycles. The van der Waals surface area contributed by atoms with Gasteiger partial charge in [0.05, 0.1) is 11.8 Å². The number of carboxylic acid groups (broad SMARTS) is 1. The van der Waals surface area contributed by atoms with E-state index < -0.39 is 30.6 Å². The van der Waals surface area contributed by atoms with Gasteiger partial charge >= 0.3 is 18.2 Å². The third-order valence-electron chi connectivity index (χ3n) is 3.54. The lowest BCUT2D eigenvalue weighted by atomic mass is 9.86. The van der Waals surface area contributed by atoms with Crippen molar-refractivity contribution in [1.29, 1.82) is 0 Å². The van der Waals surface area contributed by atoms with E-state index in [1.807, 2.05) is 0 Å². The lowest BCUT2D eigenvalue weighted by molar-refractivity contribution is -0.167. The first-order valence-electron chi connectivity index (χ1n) is 6.54. The molecule has 1 aliphatic rings. The number of amides is 2. The minimum absolute atomic E-state index is 0.174. The second kappa shape index (κ2) is 6.81. The lowest BCUT2D eigenvalue weighted by Gasteiger charge is -2.27. The Kier molecular flexibility index (Phi) is 5.64. The molecule has 1 aliphatic carbocycles. The van der Waals surface area contributed by atoms with Gasteiger partial charge in [0.15, 0.2) is 0 Å². The number of nitrogens with one attached hydrogen (secondary N) is 2. The summed E-state index contributed by atoms with van der Waals surface area (Å²) in [6, 6.07) is -0.813. The summed E-state index contributed by atoms with van der Waals surface area (Å²) >= 11 is 0. The molecule has 0 aliphatic heterocycles. The second-order valence-electron chi connectivity index (χ2n) is 5.18. The fourth-order valence-corrected chi connectivity index (χ4v) is 2.08. The topological polar surface area (TPSA) is 78.4 Å². The molecule has 5 nitrogen and oxygen atoms in total. The predicted molar refractivity (Wildman–Crippen MR) is 65.1 cm³/mol. The standard InChI is InChI=1S/C12H19F3N2O3/c1-7(12(13,14)15)6-16-11(20)17-9-4-2-8(3-5-9)10(18)19/h7-9H,2-6H2,1H3,(H,18,19)(H2,16,17,20). The SMILES string of the molecule is CC(CNC(=O)NC1CCC(C(=O)O)CC1)C(F)(F)F. The Morgan fingerprint density at radius 1 is 1.25 bits per heavy atom. The van der Waals surface area contributed by atoms with E-state index in [2.05, 4.69) is 10.6 Å². The first-order valence-corrected chi connectivity index (χ1v) is 6.54. The summed E-state index contributed by atoms with van der Waals surface area (Å²) in [7, 11) is 0. The Balaban J connectivity index is 2.25. The minimum atomic E-state index is -4.33. The van der Waals surface area contributed by atoms with Crippen molar-refractivity contribution in [2.24, 2.45) is 11.8 Å². The van der Waals surface area contributed by atoms with Crippen LogP contribution in [0.25, 0.3) is 0 Å². The molecule has 1 unspecified atom stereocenters. The molecule has 0 bridgehead atoms. The molecule has 8 heteroatoms. The van der Waals surface area contributed by atoms with Crippen LogP contribution in [-0.4, -0.2) is 35.9 Å². The van der Waals surface area contributed by atoms with Crippen molar-refractivity contribution in [1.82, 2.24) is 10.6 Å². The first-order chi connectivity index (χ1) is 9.20. The van der Waals surface area contributed by atoms with Crippen LogP contribution < -0.4 is 10.6 Å². The molecule has 0 spiro atoms. The number of hydrogen-bond acceptors (Lipinski definition) is 2. The number of carbonyl (C=O) groups is 2. The van der Waals surface area contributed by atoms with Gasteiger partial charge in [-0.2, -0.15) is 13.2 Å². The Morgan fingerprint density at radius 2 is 1.80 bits per heavy atom. The molecule has 0 aromatic rings. The summed E-state index contributed by atoms with van der Waals surface area (Å²) in [5.74, 6) is -2.83. The average molecular weight is 296 g/mol. The van der Waals surface area contributed by atoms with Crippen LogP contribution in [0.4, 0.5) is 18.0 Å². The number of hydrogen-bond donors (Lipinski definition) is 3. The second-order valence-corrected chi connectivity index (χ2v) is 5.18. The minimum Gasteiger partial charge on any atom is -0.481 e. The van der Waals surface area contributed by atoms with Crippen molar-refractivity contribution in [3.05, 3.63) is 0 Å². The van der Waals surface area contributed by atoms with Gasteiger partial charge in [-0.3, -0.25) is 4.79 Å². The molecule has 3 N–H and O–H groups in total. The van der Waals surface area contributed by atoms with E-state index in [0.717, 1.165) is 6.92 Å². The van der Waals surface area contributed by atoms with Crippen LogP contribution in [0.2, 0.25) is 0 Å². The fraction of sp³-hybridized carbons (Fsp3) is 0.833. The van der Waals surface area contributed by atoms with E-state index in [-0.39, 0.29) is 12.0 Å². The van der Waals surface area contributed by atoms with Crippen molar-refractivity contribution in [2.75, 3.05) is 6.54 Å². The molecule has 0 aromatic heterocycles. The Hall–Kier alpha value is -1.47. The maximum absolute atomic E-state index is 12.2. The van der Waals surface area contributed by atoms with Gasteiger partial charge in [0, 0.05) is 12.6 Å². The fourth-order valence-electron chi connectivity index (χ4n) is 2.08. The monoisotopic (exact) mass is 296 g/mol. The number of urea groups is 1. The van der Waals surface area contributed by atoms with Crippen LogP contribution in [0.15, 0.2) is 0 Å². The van der Waals surface area contributed by atoms with Gasteiger partial charge in [-0.05, 0) is 25.7 Å². The Labute approximate surface area is 114 Å². The van der Waals surface area contributed by atoms with Crippen LogP contribution in [0.5, 0.6) is 0 Å². The summed E-state index contributed by atoms with van der Waals surface area (Å²) in [4.78, 5) is 22.2. The van der Waals surface area contributed by atoms with Crippen molar-refractivity contribution in [3.8, 4) is 0 Å². The lowest BCUT2D eigenvalue weighted by Crippen LogP contribution is -2.46. The van der Waals surface area contributed by atoms with Gasteiger partial charge in [-0.1, -0.05) is 6.92 Å². The quantitative estimate of drug-likeness (QED) is 0.743. The molecule has 1 saturated carbocycles. The highest BCUT2D eigenvalue weighted by molar-refractivity contribution is 5.74. The smallest absolute Gasteiger partial charge is 0.393 e. The molecule has 1 fully saturated rings. The Bertz CT molecular complexity index is 352. The molecular weight excluding hydrogens is 277 g/mol. The van der Waals surface area contributed by atoms with Gasteiger partial charge < -0.3 is 15.7 Å². The average Bonchev–Trinajstić information content (AvgIpc) is 2.35. The van der Waals surface area contributed by atoms with Gasteiger partial charge in [0.2, 0.25) is 0 Å². The zero-order valence-corrected chi connectivity index (χ0v) is 11.2. The molecule has 0 radical (unpaired) electrons. The molecular formula is C12H19F3N2O3. The van der Waals surface area contributed by atoms with Crippen molar-refractivity contribution >= 4 is 12.0 Å². The maximum atomic E-state index is 12.2. The van der Waals surface area contributed by atoms with E-state index >= 15 is 0 Å². The number of carboxylic acids is 1. The third-order valence-corrected chi connectivity index (χ3v) is 3.54. The van der Waals surface area contributed by atoms with Crippen LogP contribution in [0, 0.1) is 11.8 Å². The summed E-state index contributed by atoms with van der Waals surface area (Å²) in [5.41, 5.74) is 0. The van der Waals surface area contributed by atoms with Crippen molar-refractivity contribution < 1.29 is 27.9 Å². The van der Waals surface area contributed by atoms with Crippen LogP contribution in [0.1, 0.15) is 32.6 Å². The van der Waals surface area contributed by atoms with E-state index in [0.29, 0.717) is 25.7 Å². The highest BCUT2D eigenvalue weighted by Crippen LogP contribution is 2.25. The number of halogens is 3. The highest BCUT2D eigenvalue weighted by Gasteiger charge is 2.36. The van der Waals surface area contributed by atoms with E-state index in [1.54, 1.807) is 0 Å². The molecule has 0 heterocycles. The largest absolute Gasteiger partial charge is 0.481 e. The summed E-state index contributed by atoms with van der Waals surface area (Å²) in [6.45, 7) is 0.526. The Morgan fingerprint density at radius 3 is 2.25 bits per heavy atom. The molecule has 116 valence electrons. The van der Waals surface area contributed by atoms with E-state index in [4.69, 9.17) is 5.11 Å². The molecule has 1 rings (SSSR count). The number of alkyl halides is 3. The first kappa shape index (κ1) is 16.6. The summed E-state index contributed by atoms with van der Waals surface area (Å²) in [6.07, 6.45) is -2.33. The molecule has 20 heavy (non-hydrogen) atoms. The van der Waals surface area contributed by atoms with Crippen LogP contribution >= 0.6 is 0 Å². The normalized spacial score (nSPS) is 24.8. The van der Waals surface area contributed by atoms with E-state index in [1.165, 1.54) is 0 Å². The zero-order valence-electron chi connectivity index (χ0n) is 11.2. The summed E-state index contributed by atoms with van der Waals surface area (Å²) in [5, 5.41) is 13.6. The van der Waals surface area contributed by atoms with Gasteiger partial charge in [0.25, 0.3) is 0 Å². The molecule has 2 amide bonds. The zero-order chi connectivity index (χ0) is 15.3. The van der Waals surface area contributed by atoms with Gasteiger partial charge in [0.1, 0.15) is 0 Å². The van der Waals surface area contributed by atoms with Gasteiger partial charge in [-0.15, -0.1) is 0 Å². The third kappa shape index (κ3) is 5.26. The van der Waals surface area contributed by atoms with Crippen LogP contribution in [0.3, 0.4) is 0 Å². The maximum Gasteiger partial charge on any atom is 0.393 e. The van der Waals surface area contributed by atoms with Gasteiger partial charge in [-0.25, -0.2) is 4.79 Å². The molecule has 0 aromatic carbocycles. The van der Waals surface area contributed by atoms with E-state index in [9.17, 15) is 22.8 Å². The number of rotatable bonds is 4. The number of carbonyl (C=O) groups excluding carboxylic acids is 1. The number of aliphatic carboxylic acids is 1. The molecule has 1 atom stereocenters. The highest BCUT2D eigenvalue weighted by atomic mass is 19.4. The van der Waals surface area contributed by atoms with Crippen molar-refractivity contribution in [3.63, 3.8) is 0 Å². The van der Waals surface area contributed by atoms with Crippen molar-refractivity contribution in [2.45, 2.75) is 44.8 Å².